The topological polar surface area (TPSA) is 52.6 Å². The van der Waals surface area contributed by atoms with E-state index in [4.69, 9.17) is 0 Å². The van der Waals surface area contributed by atoms with E-state index in [1.807, 2.05) is 6.08 Å². The predicted octanol–water partition coefficient (Wildman–Crippen LogP) is 3.17. The maximum atomic E-state index is 11.3. The minimum Gasteiger partial charge on any atom is -0.469 e. The first-order valence-electron chi connectivity index (χ1n) is 7.74. The fraction of sp³-hybridized carbons (Fsp3) is 0.368. The second kappa shape index (κ2) is 8.32. The zero-order valence-electron chi connectivity index (χ0n) is 13.5. The predicted molar refractivity (Wildman–Crippen MR) is 88.6 cm³/mol. The summed E-state index contributed by atoms with van der Waals surface area (Å²) in [5.74, 6) is -1.60. The van der Waals surface area contributed by atoms with Crippen LogP contribution in [0.15, 0.2) is 42.5 Å². The van der Waals surface area contributed by atoms with Crippen molar-refractivity contribution >= 4 is 18.0 Å². The summed E-state index contributed by atoms with van der Waals surface area (Å²) in [6.07, 6.45) is 10.5. The molecular formula is C19H22O4. The van der Waals surface area contributed by atoms with Crippen LogP contribution < -0.4 is 0 Å². The zero-order chi connectivity index (χ0) is 16.7. The Labute approximate surface area is 136 Å². The number of carbonyl (C=O) groups excluding carboxylic acids is 2. The minimum absolute atomic E-state index is 0.343. The van der Waals surface area contributed by atoms with Crippen LogP contribution in [0.3, 0.4) is 0 Å². The van der Waals surface area contributed by atoms with E-state index in [0.29, 0.717) is 6.42 Å². The molecule has 0 aromatic heterocycles. The molecule has 0 saturated heterocycles. The normalized spacial score (nSPS) is 21.0. The largest absolute Gasteiger partial charge is 0.469 e. The Morgan fingerprint density at radius 3 is 2.48 bits per heavy atom. The monoisotopic (exact) mass is 314 g/mol. The zero-order valence-corrected chi connectivity index (χ0v) is 13.5. The summed E-state index contributed by atoms with van der Waals surface area (Å²) in [4.78, 5) is 22.7. The summed E-state index contributed by atoms with van der Waals surface area (Å²) in [6, 6.07) is 8.49. The lowest BCUT2D eigenvalue weighted by Gasteiger charge is -2.22. The highest BCUT2D eigenvalue weighted by Gasteiger charge is 2.34. The van der Waals surface area contributed by atoms with Crippen LogP contribution in [0.4, 0.5) is 0 Å². The van der Waals surface area contributed by atoms with Gasteiger partial charge in [-0.25, -0.2) is 0 Å². The number of methoxy groups -OCH3 is 2. The first-order chi connectivity index (χ1) is 11.2. The van der Waals surface area contributed by atoms with Gasteiger partial charge in [-0.3, -0.25) is 9.59 Å². The maximum Gasteiger partial charge on any atom is 0.313 e. The van der Waals surface area contributed by atoms with E-state index in [1.165, 1.54) is 25.3 Å². The third-order valence-corrected chi connectivity index (χ3v) is 4.09. The van der Waals surface area contributed by atoms with Crippen molar-refractivity contribution in [1.82, 2.24) is 0 Å². The van der Waals surface area contributed by atoms with Crippen molar-refractivity contribution in [2.24, 2.45) is 11.8 Å². The first-order valence-corrected chi connectivity index (χ1v) is 7.74. The number of allylic oxidation sites excluding steroid dienone is 2. The molecule has 2 aliphatic rings. The Morgan fingerprint density at radius 2 is 1.78 bits per heavy atom. The molecule has 122 valence electrons. The van der Waals surface area contributed by atoms with Crippen LogP contribution in [-0.4, -0.2) is 26.2 Å². The number of carbonyl (C=O) groups is 2. The second-order valence-electron chi connectivity index (χ2n) is 5.49. The molecule has 0 heterocycles. The molecule has 0 N–H and O–H groups in total. The van der Waals surface area contributed by atoms with Gasteiger partial charge in [-0.05, 0) is 30.4 Å². The molecule has 0 bridgehead atoms. The van der Waals surface area contributed by atoms with E-state index in [1.54, 1.807) is 6.08 Å². The van der Waals surface area contributed by atoms with Crippen LogP contribution >= 0.6 is 0 Å². The van der Waals surface area contributed by atoms with Crippen molar-refractivity contribution in [3.05, 3.63) is 53.6 Å². The number of hydrogen-bond acceptors (Lipinski definition) is 4. The molecule has 0 spiro atoms. The van der Waals surface area contributed by atoms with Crippen LogP contribution in [0.25, 0.3) is 6.08 Å². The van der Waals surface area contributed by atoms with Gasteiger partial charge in [-0.15, -0.1) is 0 Å². The SMILES string of the molecule is C1=Cc2ccccc2C1.COC(=O)C1C=CCCC1C(=O)OC. The van der Waals surface area contributed by atoms with Crippen molar-refractivity contribution in [2.75, 3.05) is 14.2 Å². The molecule has 2 atom stereocenters. The van der Waals surface area contributed by atoms with Gasteiger partial charge in [0.05, 0.1) is 26.1 Å². The van der Waals surface area contributed by atoms with Gasteiger partial charge in [-0.2, -0.15) is 0 Å². The van der Waals surface area contributed by atoms with Gasteiger partial charge in [0.15, 0.2) is 0 Å². The molecule has 0 saturated carbocycles. The van der Waals surface area contributed by atoms with Crippen LogP contribution in [0, 0.1) is 11.8 Å². The molecule has 4 nitrogen and oxygen atoms in total. The molecule has 0 radical (unpaired) electrons. The third kappa shape index (κ3) is 4.31. The molecule has 1 aromatic rings. The summed E-state index contributed by atoms with van der Waals surface area (Å²) in [5, 5.41) is 0. The summed E-state index contributed by atoms with van der Waals surface area (Å²) in [6.45, 7) is 0. The van der Waals surface area contributed by atoms with E-state index in [0.717, 1.165) is 12.8 Å². The molecule has 4 heteroatoms. The van der Waals surface area contributed by atoms with Crippen molar-refractivity contribution in [3.63, 3.8) is 0 Å². The molecule has 3 rings (SSSR count). The molecule has 0 aliphatic heterocycles. The van der Waals surface area contributed by atoms with Crippen LogP contribution in [-0.2, 0) is 25.5 Å². The van der Waals surface area contributed by atoms with Crippen molar-refractivity contribution in [1.29, 1.82) is 0 Å². The lowest BCUT2D eigenvalue weighted by atomic mass is 9.84. The van der Waals surface area contributed by atoms with Gasteiger partial charge >= 0.3 is 11.9 Å². The van der Waals surface area contributed by atoms with Gasteiger partial charge < -0.3 is 9.47 Å². The van der Waals surface area contributed by atoms with Gasteiger partial charge in [0.25, 0.3) is 0 Å². The average molecular weight is 314 g/mol. The van der Waals surface area contributed by atoms with Gasteiger partial charge in [-0.1, -0.05) is 48.6 Å². The van der Waals surface area contributed by atoms with Gasteiger partial charge in [0.1, 0.15) is 0 Å². The third-order valence-electron chi connectivity index (χ3n) is 4.09. The highest BCUT2D eigenvalue weighted by Crippen LogP contribution is 2.26. The smallest absolute Gasteiger partial charge is 0.313 e. The number of esters is 2. The Bertz CT molecular complexity index is 616. The Kier molecular flexibility index (Phi) is 6.15. The highest BCUT2D eigenvalue weighted by atomic mass is 16.5. The molecule has 23 heavy (non-hydrogen) atoms. The first kappa shape index (κ1) is 17.0. The number of fused-ring (bicyclic) bond motifs is 1. The quantitative estimate of drug-likeness (QED) is 0.621. The molecular weight excluding hydrogens is 292 g/mol. The van der Waals surface area contributed by atoms with E-state index in [9.17, 15) is 9.59 Å². The fourth-order valence-corrected chi connectivity index (χ4v) is 2.82. The number of ether oxygens (including phenoxy) is 2. The lowest BCUT2D eigenvalue weighted by molar-refractivity contribution is -0.156. The molecule has 0 amide bonds. The van der Waals surface area contributed by atoms with Gasteiger partial charge in [0, 0.05) is 0 Å². The Hall–Kier alpha value is -2.36. The molecule has 2 unspecified atom stereocenters. The molecule has 2 aliphatic carbocycles. The summed E-state index contributed by atoms with van der Waals surface area (Å²) in [5.41, 5.74) is 2.84. The Morgan fingerprint density at radius 1 is 1.04 bits per heavy atom. The van der Waals surface area contributed by atoms with Crippen LogP contribution in [0.2, 0.25) is 0 Å². The fourth-order valence-electron chi connectivity index (χ4n) is 2.82. The van der Waals surface area contributed by atoms with Crippen molar-refractivity contribution in [2.45, 2.75) is 19.3 Å². The second-order valence-corrected chi connectivity index (χ2v) is 5.49. The lowest BCUT2D eigenvalue weighted by Crippen LogP contribution is -2.31. The minimum atomic E-state index is -0.485. The molecule has 1 aromatic carbocycles. The van der Waals surface area contributed by atoms with E-state index in [-0.39, 0.29) is 11.9 Å². The maximum absolute atomic E-state index is 11.3. The van der Waals surface area contributed by atoms with Crippen LogP contribution in [0.1, 0.15) is 24.0 Å². The van der Waals surface area contributed by atoms with Crippen molar-refractivity contribution < 1.29 is 19.1 Å². The Balaban J connectivity index is 0.000000182. The molecule has 0 fully saturated rings. The number of hydrogen-bond donors (Lipinski definition) is 0. The van der Waals surface area contributed by atoms with Gasteiger partial charge in [0.2, 0.25) is 0 Å². The summed E-state index contributed by atoms with van der Waals surface area (Å²) >= 11 is 0. The van der Waals surface area contributed by atoms with E-state index >= 15 is 0 Å². The summed E-state index contributed by atoms with van der Waals surface area (Å²) in [7, 11) is 2.65. The van der Waals surface area contributed by atoms with Crippen LogP contribution in [0.5, 0.6) is 0 Å². The number of rotatable bonds is 2. The van der Waals surface area contributed by atoms with E-state index < -0.39 is 11.8 Å². The standard InChI is InChI=1S/C10H14O4.C9H8/c1-13-9(11)7-5-3-4-6-8(7)10(12)14-2;1-2-5-9-7-3-6-8(9)4-1/h3,5,7-8H,4,6H2,1-2H3;1-6H,7H2. The number of benzene rings is 1. The highest BCUT2D eigenvalue weighted by molar-refractivity contribution is 5.83. The van der Waals surface area contributed by atoms with Crippen molar-refractivity contribution in [3.8, 4) is 0 Å². The summed E-state index contributed by atoms with van der Waals surface area (Å²) < 4.78 is 9.25. The van der Waals surface area contributed by atoms with E-state index in [2.05, 4.69) is 45.9 Å². The average Bonchev–Trinajstić information content (AvgIpc) is 3.09.